The summed E-state index contributed by atoms with van der Waals surface area (Å²) >= 11 is 3.32. The Morgan fingerprint density at radius 1 is 1.03 bits per heavy atom. The van der Waals surface area contributed by atoms with Crippen LogP contribution in [0.2, 0.25) is 0 Å². The molecule has 0 amide bonds. The summed E-state index contributed by atoms with van der Waals surface area (Å²) in [5.41, 5.74) is 0.982. The summed E-state index contributed by atoms with van der Waals surface area (Å²) in [6.07, 6.45) is 2.91. The minimum atomic E-state index is -0.473. The quantitative estimate of drug-likeness (QED) is 0.178. The van der Waals surface area contributed by atoms with Crippen LogP contribution in [0.5, 0.6) is 17.2 Å². The second kappa shape index (κ2) is 9.48. The standard InChI is InChI=1S/C22H18BrNO7/c1-28-20-10-13(11-21(29-2)22(20)30-3)18(25)8-5-15-6-9-19(31-15)16-7-4-14(24(26)27)12-17(16)23/h4-12H,1-3H3/b8-5+. The second-order valence-electron chi connectivity index (χ2n) is 6.23. The van der Waals surface area contributed by atoms with Gasteiger partial charge >= 0.3 is 0 Å². The first-order valence-electron chi connectivity index (χ1n) is 8.94. The van der Waals surface area contributed by atoms with Gasteiger partial charge in [-0.15, -0.1) is 0 Å². The van der Waals surface area contributed by atoms with Crippen LogP contribution in [0.15, 0.2) is 57.4 Å². The molecule has 0 aliphatic heterocycles. The van der Waals surface area contributed by atoms with Gasteiger partial charge in [0.25, 0.3) is 5.69 Å². The molecule has 0 atom stereocenters. The van der Waals surface area contributed by atoms with Crippen molar-refractivity contribution in [3.63, 3.8) is 0 Å². The zero-order chi connectivity index (χ0) is 22.5. The molecule has 3 aromatic rings. The second-order valence-corrected chi connectivity index (χ2v) is 7.09. The predicted molar refractivity (Wildman–Crippen MR) is 118 cm³/mol. The third-order valence-electron chi connectivity index (χ3n) is 4.40. The van der Waals surface area contributed by atoms with Gasteiger partial charge < -0.3 is 18.6 Å². The van der Waals surface area contributed by atoms with Crippen LogP contribution in [0.25, 0.3) is 17.4 Å². The van der Waals surface area contributed by atoms with Gasteiger partial charge in [0.05, 0.1) is 26.3 Å². The number of carbonyl (C=O) groups excluding carboxylic acids is 1. The smallest absolute Gasteiger partial charge is 0.270 e. The van der Waals surface area contributed by atoms with E-state index in [1.165, 1.54) is 45.6 Å². The SMILES string of the molecule is COc1cc(C(=O)/C=C/c2ccc(-c3ccc([N+](=O)[O-])cc3Br)o2)cc(OC)c1OC. The van der Waals surface area contributed by atoms with Crippen molar-refractivity contribution in [2.24, 2.45) is 0 Å². The molecule has 0 fully saturated rings. The first kappa shape index (κ1) is 22.1. The summed E-state index contributed by atoms with van der Waals surface area (Å²) in [7, 11) is 4.43. The molecule has 3 rings (SSSR count). The van der Waals surface area contributed by atoms with Gasteiger partial charge in [-0.25, -0.2) is 0 Å². The molecular weight excluding hydrogens is 470 g/mol. The summed E-state index contributed by atoms with van der Waals surface area (Å²) < 4.78 is 22.1. The summed E-state index contributed by atoms with van der Waals surface area (Å²) in [5, 5.41) is 10.9. The minimum Gasteiger partial charge on any atom is -0.493 e. The Morgan fingerprint density at radius 2 is 1.71 bits per heavy atom. The molecule has 1 aromatic heterocycles. The van der Waals surface area contributed by atoms with Crippen molar-refractivity contribution in [1.82, 2.24) is 0 Å². The number of furan rings is 1. The number of ether oxygens (including phenoxy) is 3. The lowest BCUT2D eigenvalue weighted by atomic mass is 10.1. The molecule has 0 unspecified atom stereocenters. The van der Waals surface area contributed by atoms with Gasteiger partial charge in [0.1, 0.15) is 11.5 Å². The molecule has 0 saturated carbocycles. The Labute approximate surface area is 186 Å². The molecule has 1 heterocycles. The lowest BCUT2D eigenvalue weighted by molar-refractivity contribution is -0.384. The van der Waals surface area contributed by atoms with Crippen LogP contribution in [0.1, 0.15) is 16.1 Å². The zero-order valence-corrected chi connectivity index (χ0v) is 18.5. The fourth-order valence-electron chi connectivity index (χ4n) is 2.88. The maximum atomic E-state index is 12.6. The van der Waals surface area contributed by atoms with Crippen LogP contribution in [0, 0.1) is 10.1 Å². The number of rotatable bonds is 8. The van der Waals surface area contributed by atoms with Gasteiger partial charge in [0.2, 0.25) is 5.75 Å². The molecule has 0 spiro atoms. The first-order chi connectivity index (χ1) is 14.9. The van der Waals surface area contributed by atoms with Crippen molar-refractivity contribution in [3.8, 4) is 28.6 Å². The van der Waals surface area contributed by atoms with E-state index in [9.17, 15) is 14.9 Å². The highest BCUT2D eigenvalue weighted by atomic mass is 79.9. The Morgan fingerprint density at radius 3 is 2.26 bits per heavy atom. The van der Waals surface area contributed by atoms with Crippen molar-refractivity contribution in [2.75, 3.05) is 21.3 Å². The predicted octanol–water partition coefficient (Wildman–Crippen LogP) is 5.54. The van der Waals surface area contributed by atoms with Gasteiger partial charge in [0.15, 0.2) is 17.3 Å². The van der Waals surface area contributed by atoms with E-state index in [1.54, 1.807) is 30.3 Å². The Hall–Kier alpha value is -3.59. The molecule has 8 nitrogen and oxygen atoms in total. The molecule has 0 aliphatic rings. The highest BCUT2D eigenvalue weighted by Gasteiger charge is 2.16. The summed E-state index contributed by atoms with van der Waals surface area (Å²) in [4.78, 5) is 23.0. The topological polar surface area (TPSA) is 101 Å². The van der Waals surface area contributed by atoms with Crippen molar-refractivity contribution in [2.45, 2.75) is 0 Å². The van der Waals surface area contributed by atoms with Gasteiger partial charge in [-0.05, 0) is 58.4 Å². The Bertz CT molecular complexity index is 1140. The van der Waals surface area contributed by atoms with Crippen LogP contribution in [-0.4, -0.2) is 32.0 Å². The number of hydrogen-bond donors (Lipinski definition) is 0. The van der Waals surface area contributed by atoms with E-state index in [0.29, 0.717) is 44.4 Å². The lowest BCUT2D eigenvalue weighted by Gasteiger charge is -2.13. The number of non-ortho nitro benzene ring substituents is 1. The molecule has 0 saturated heterocycles. The molecule has 0 aliphatic carbocycles. The highest BCUT2D eigenvalue weighted by Crippen LogP contribution is 2.38. The van der Waals surface area contributed by atoms with Crippen LogP contribution >= 0.6 is 15.9 Å². The molecule has 0 bridgehead atoms. The number of halogens is 1. The van der Waals surface area contributed by atoms with E-state index in [0.717, 1.165) is 0 Å². The Kier molecular flexibility index (Phi) is 6.76. The molecule has 31 heavy (non-hydrogen) atoms. The fourth-order valence-corrected chi connectivity index (χ4v) is 3.44. The van der Waals surface area contributed by atoms with E-state index >= 15 is 0 Å². The number of methoxy groups -OCH3 is 3. The monoisotopic (exact) mass is 487 g/mol. The van der Waals surface area contributed by atoms with Gasteiger partial charge in [-0.2, -0.15) is 0 Å². The average molecular weight is 488 g/mol. The van der Waals surface area contributed by atoms with Crippen LogP contribution in [0.3, 0.4) is 0 Å². The number of nitrogens with zero attached hydrogens (tertiary/aromatic N) is 1. The summed E-state index contributed by atoms with van der Waals surface area (Å²) in [6, 6.07) is 10.9. The fraction of sp³-hybridized carbons (Fsp3) is 0.136. The average Bonchev–Trinajstić information content (AvgIpc) is 3.24. The molecule has 160 valence electrons. The maximum Gasteiger partial charge on any atom is 0.270 e. The van der Waals surface area contributed by atoms with Crippen LogP contribution < -0.4 is 14.2 Å². The number of nitro groups is 1. The van der Waals surface area contributed by atoms with Crippen molar-refractivity contribution in [1.29, 1.82) is 0 Å². The van der Waals surface area contributed by atoms with Gasteiger partial charge in [-0.3, -0.25) is 14.9 Å². The number of benzene rings is 2. The van der Waals surface area contributed by atoms with Gasteiger partial charge in [0, 0.05) is 27.7 Å². The largest absolute Gasteiger partial charge is 0.493 e. The van der Waals surface area contributed by atoms with E-state index in [-0.39, 0.29) is 11.5 Å². The normalized spacial score (nSPS) is 10.8. The number of hydrogen-bond acceptors (Lipinski definition) is 7. The van der Waals surface area contributed by atoms with Crippen molar-refractivity contribution in [3.05, 3.63) is 74.5 Å². The number of ketones is 1. The van der Waals surface area contributed by atoms with E-state index in [4.69, 9.17) is 18.6 Å². The molecule has 0 radical (unpaired) electrons. The van der Waals surface area contributed by atoms with E-state index < -0.39 is 4.92 Å². The molecule has 0 N–H and O–H groups in total. The number of carbonyl (C=O) groups is 1. The Balaban J connectivity index is 1.83. The minimum absolute atomic E-state index is 0.0294. The highest BCUT2D eigenvalue weighted by molar-refractivity contribution is 9.10. The lowest BCUT2D eigenvalue weighted by Crippen LogP contribution is -2.00. The van der Waals surface area contributed by atoms with Crippen molar-refractivity contribution >= 4 is 33.5 Å². The summed E-state index contributed by atoms with van der Waals surface area (Å²) in [5.74, 6) is 1.81. The molecule has 2 aromatic carbocycles. The first-order valence-corrected chi connectivity index (χ1v) is 9.73. The van der Waals surface area contributed by atoms with Gasteiger partial charge in [-0.1, -0.05) is 0 Å². The van der Waals surface area contributed by atoms with E-state index in [2.05, 4.69) is 15.9 Å². The number of nitro benzene ring substituents is 1. The third-order valence-corrected chi connectivity index (χ3v) is 5.06. The zero-order valence-electron chi connectivity index (χ0n) is 16.9. The third kappa shape index (κ3) is 4.77. The van der Waals surface area contributed by atoms with Crippen LogP contribution in [0.4, 0.5) is 5.69 Å². The number of allylic oxidation sites excluding steroid dienone is 1. The van der Waals surface area contributed by atoms with Crippen LogP contribution in [-0.2, 0) is 0 Å². The maximum absolute atomic E-state index is 12.6. The van der Waals surface area contributed by atoms with E-state index in [1.807, 2.05) is 0 Å². The summed E-state index contributed by atoms with van der Waals surface area (Å²) in [6.45, 7) is 0. The molecule has 9 heteroatoms. The van der Waals surface area contributed by atoms with Crippen molar-refractivity contribution < 1.29 is 28.3 Å². The molecular formula is C22H18BrNO7.